The standard InChI is InChI=1S/C17H14ClN3O3/c18-12-4-5-13-14(7-12)21-15(20-13)8-16(22)19-9-10-2-1-3-11(6-10)17(23)24/h1-7H,8-9H2,(H,19,22)(H,20,21)(H,23,24). The zero-order valence-electron chi connectivity index (χ0n) is 12.5. The van der Waals surface area contributed by atoms with Crippen LogP contribution in [0.4, 0.5) is 0 Å². The molecule has 24 heavy (non-hydrogen) atoms. The predicted molar refractivity (Wildman–Crippen MR) is 90.1 cm³/mol. The summed E-state index contributed by atoms with van der Waals surface area (Å²) in [5.41, 5.74) is 2.44. The second kappa shape index (κ2) is 6.72. The first-order chi connectivity index (χ1) is 11.5. The molecule has 0 atom stereocenters. The van der Waals surface area contributed by atoms with Crippen molar-refractivity contribution in [1.29, 1.82) is 0 Å². The summed E-state index contributed by atoms with van der Waals surface area (Å²) in [6.45, 7) is 0.256. The number of carbonyl (C=O) groups is 2. The van der Waals surface area contributed by atoms with Gasteiger partial charge in [0.25, 0.3) is 0 Å². The third-order valence-corrected chi connectivity index (χ3v) is 3.72. The molecule has 0 fully saturated rings. The number of hydrogen-bond donors (Lipinski definition) is 3. The Labute approximate surface area is 142 Å². The number of imidazole rings is 1. The average molecular weight is 344 g/mol. The van der Waals surface area contributed by atoms with Crippen LogP contribution in [-0.2, 0) is 17.8 Å². The van der Waals surface area contributed by atoms with Crippen molar-refractivity contribution in [3.05, 3.63) is 64.4 Å². The average Bonchev–Trinajstić information content (AvgIpc) is 2.94. The fourth-order valence-electron chi connectivity index (χ4n) is 2.35. The summed E-state index contributed by atoms with van der Waals surface area (Å²) in [6, 6.07) is 11.7. The van der Waals surface area contributed by atoms with E-state index in [1.807, 2.05) is 6.07 Å². The monoisotopic (exact) mass is 343 g/mol. The Morgan fingerprint density at radius 3 is 2.83 bits per heavy atom. The number of nitrogens with zero attached hydrogens (tertiary/aromatic N) is 1. The number of nitrogens with one attached hydrogen (secondary N) is 2. The molecule has 3 rings (SSSR count). The summed E-state index contributed by atoms with van der Waals surface area (Å²) in [4.78, 5) is 30.4. The molecule has 0 saturated carbocycles. The lowest BCUT2D eigenvalue weighted by Gasteiger charge is -2.05. The summed E-state index contributed by atoms with van der Waals surface area (Å²) >= 11 is 5.91. The third kappa shape index (κ3) is 3.72. The number of aromatic amines is 1. The van der Waals surface area contributed by atoms with E-state index in [0.717, 1.165) is 11.1 Å². The Morgan fingerprint density at radius 1 is 1.21 bits per heavy atom. The highest BCUT2D eigenvalue weighted by molar-refractivity contribution is 6.31. The van der Waals surface area contributed by atoms with E-state index in [1.165, 1.54) is 12.1 Å². The summed E-state index contributed by atoms with van der Waals surface area (Å²) in [6.07, 6.45) is 0.102. The van der Waals surface area contributed by atoms with E-state index in [2.05, 4.69) is 15.3 Å². The number of rotatable bonds is 5. The second-order valence-electron chi connectivity index (χ2n) is 5.30. The van der Waals surface area contributed by atoms with Crippen LogP contribution in [0.5, 0.6) is 0 Å². The molecule has 6 nitrogen and oxygen atoms in total. The van der Waals surface area contributed by atoms with E-state index in [9.17, 15) is 9.59 Å². The minimum Gasteiger partial charge on any atom is -0.478 e. The van der Waals surface area contributed by atoms with Crippen molar-refractivity contribution in [1.82, 2.24) is 15.3 Å². The van der Waals surface area contributed by atoms with Gasteiger partial charge < -0.3 is 15.4 Å². The van der Waals surface area contributed by atoms with Crippen LogP contribution in [0.3, 0.4) is 0 Å². The van der Waals surface area contributed by atoms with Gasteiger partial charge in [-0.25, -0.2) is 9.78 Å². The molecule has 0 aliphatic carbocycles. The van der Waals surface area contributed by atoms with Gasteiger partial charge in [-0.3, -0.25) is 4.79 Å². The number of halogens is 1. The SMILES string of the molecule is O=C(Cc1nc2cc(Cl)ccc2[nH]1)NCc1cccc(C(=O)O)c1. The fourth-order valence-corrected chi connectivity index (χ4v) is 2.51. The number of aromatic carboxylic acids is 1. The number of carboxylic acid groups (broad SMARTS) is 1. The maximum Gasteiger partial charge on any atom is 0.335 e. The number of hydrogen-bond acceptors (Lipinski definition) is 3. The Hall–Kier alpha value is -2.86. The van der Waals surface area contributed by atoms with Crippen molar-refractivity contribution in [3.63, 3.8) is 0 Å². The van der Waals surface area contributed by atoms with Gasteiger partial charge in [0.2, 0.25) is 5.91 Å². The van der Waals surface area contributed by atoms with Gasteiger partial charge in [0, 0.05) is 11.6 Å². The molecule has 3 aromatic rings. The lowest BCUT2D eigenvalue weighted by molar-refractivity contribution is -0.120. The van der Waals surface area contributed by atoms with Gasteiger partial charge in [-0.15, -0.1) is 0 Å². The van der Waals surface area contributed by atoms with Crippen LogP contribution < -0.4 is 5.32 Å². The Morgan fingerprint density at radius 2 is 2.04 bits per heavy atom. The third-order valence-electron chi connectivity index (χ3n) is 3.49. The Balaban J connectivity index is 1.62. The molecule has 0 unspecified atom stereocenters. The minimum atomic E-state index is -0.996. The molecule has 3 N–H and O–H groups in total. The van der Waals surface area contributed by atoms with E-state index >= 15 is 0 Å². The van der Waals surface area contributed by atoms with Gasteiger partial charge in [-0.05, 0) is 35.9 Å². The zero-order valence-corrected chi connectivity index (χ0v) is 13.3. The van der Waals surface area contributed by atoms with E-state index in [0.29, 0.717) is 16.4 Å². The maximum atomic E-state index is 12.0. The number of carboxylic acids is 1. The number of carbonyl (C=O) groups excluding carboxylic acids is 1. The molecule has 122 valence electrons. The largest absolute Gasteiger partial charge is 0.478 e. The van der Waals surface area contributed by atoms with Gasteiger partial charge >= 0.3 is 5.97 Å². The quantitative estimate of drug-likeness (QED) is 0.663. The summed E-state index contributed by atoms with van der Waals surface area (Å²) < 4.78 is 0. The van der Waals surface area contributed by atoms with Gasteiger partial charge in [0.15, 0.2) is 0 Å². The molecule has 0 aliphatic heterocycles. The van der Waals surface area contributed by atoms with Gasteiger partial charge in [0.05, 0.1) is 23.0 Å². The van der Waals surface area contributed by atoms with Crippen molar-refractivity contribution in [3.8, 4) is 0 Å². The summed E-state index contributed by atoms with van der Waals surface area (Å²) in [5.74, 6) is -0.658. The number of benzene rings is 2. The van der Waals surface area contributed by atoms with E-state index in [-0.39, 0.29) is 24.4 Å². The maximum absolute atomic E-state index is 12.0. The molecular formula is C17H14ClN3O3. The number of aromatic nitrogens is 2. The predicted octanol–water partition coefficient (Wildman–Crippen LogP) is 2.77. The first kappa shape index (κ1) is 16.0. The minimum absolute atomic E-state index is 0.102. The normalized spacial score (nSPS) is 10.7. The zero-order chi connectivity index (χ0) is 17.1. The van der Waals surface area contributed by atoms with Crippen LogP contribution in [0, 0.1) is 0 Å². The molecule has 2 aromatic carbocycles. The molecule has 1 aromatic heterocycles. The number of fused-ring (bicyclic) bond motifs is 1. The summed E-state index contributed by atoms with van der Waals surface area (Å²) in [7, 11) is 0. The van der Waals surface area contributed by atoms with E-state index in [4.69, 9.17) is 16.7 Å². The lowest BCUT2D eigenvalue weighted by Crippen LogP contribution is -2.25. The molecular weight excluding hydrogens is 330 g/mol. The van der Waals surface area contributed by atoms with Crippen molar-refractivity contribution >= 4 is 34.5 Å². The number of H-pyrrole nitrogens is 1. The topological polar surface area (TPSA) is 95.1 Å². The molecule has 0 saturated heterocycles. The highest BCUT2D eigenvalue weighted by Crippen LogP contribution is 2.17. The van der Waals surface area contributed by atoms with Crippen molar-refractivity contribution in [2.75, 3.05) is 0 Å². The van der Waals surface area contributed by atoms with Crippen molar-refractivity contribution in [2.24, 2.45) is 0 Å². The van der Waals surface area contributed by atoms with Crippen LogP contribution in [-0.4, -0.2) is 27.0 Å². The molecule has 0 radical (unpaired) electrons. The molecule has 1 heterocycles. The number of amides is 1. The highest BCUT2D eigenvalue weighted by atomic mass is 35.5. The first-order valence-electron chi connectivity index (χ1n) is 7.24. The molecule has 0 bridgehead atoms. The van der Waals surface area contributed by atoms with E-state index in [1.54, 1.807) is 24.3 Å². The lowest BCUT2D eigenvalue weighted by atomic mass is 10.1. The van der Waals surface area contributed by atoms with Crippen LogP contribution in [0.25, 0.3) is 11.0 Å². The van der Waals surface area contributed by atoms with Crippen LogP contribution in [0.1, 0.15) is 21.7 Å². The van der Waals surface area contributed by atoms with Gasteiger partial charge in [-0.2, -0.15) is 0 Å². The second-order valence-corrected chi connectivity index (χ2v) is 5.74. The van der Waals surface area contributed by atoms with Crippen LogP contribution in [0.15, 0.2) is 42.5 Å². The van der Waals surface area contributed by atoms with Gasteiger partial charge in [-0.1, -0.05) is 23.7 Å². The molecule has 1 amide bonds. The Kier molecular flexibility index (Phi) is 4.48. The van der Waals surface area contributed by atoms with Crippen LogP contribution >= 0.6 is 11.6 Å². The van der Waals surface area contributed by atoms with Crippen molar-refractivity contribution in [2.45, 2.75) is 13.0 Å². The Bertz CT molecular complexity index is 920. The van der Waals surface area contributed by atoms with Crippen LogP contribution in [0.2, 0.25) is 5.02 Å². The highest BCUT2D eigenvalue weighted by Gasteiger charge is 2.09. The fraction of sp³-hybridized carbons (Fsp3) is 0.118. The molecule has 0 aliphatic rings. The summed E-state index contributed by atoms with van der Waals surface area (Å²) in [5, 5.41) is 12.3. The first-order valence-corrected chi connectivity index (χ1v) is 7.62. The molecule has 7 heteroatoms. The smallest absolute Gasteiger partial charge is 0.335 e. The van der Waals surface area contributed by atoms with Crippen molar-refractivity contribution < 1.29 is 14.7 Å². The molecule has 0 spiro atoms. The van der Waals surface area contributed by atoms with Gasteiger partial charge in [0.1, 0.15) is 5.82 Å². The van der Waals surface area contributed by atoms with E-state index < -0.39 is 5.97 Å².